The summed E-state index contributed by atoms with van der Waals surface area (Å²) in [6.45, 7) is 6.05. The number of oxime groups is 1. The molecule has 1 heterocycles. The summed E-state index contributed by atoms with van der Waals surface area (Å²) in [5.74, 6) is 0.351. The van der Waals surface area contributed by atoms with Gasteiger partial charge in [0, 0.05) is 38.6 Å². The van der Waals surface area contributed by atoms with Crippen LogP contribution in [0.5, 0.6) is 0 Å². The van der Waals surface area contributed by atoms with Gasteiger partial charge in [-0.15, -0.1) is 0 Å². The van der Waals surface area contributed by atoms with Crippen molar-refractivity contribution in [3.63, 3.8) is 0 Å². The summed E-state index contributed by atoms with van der Waals surface area (Å²) in [6.07, 6.45) is 5.69. The van der Waals surface area contributed by atoms with Crippen molar-refractivity contribution in [1.82, 2.24) is 9.80 Å². The minimum Gasteiger partial charge on any atom is -0.409 e. The highest BCUT2D eigenvalue weighted by Gasteiger charge is 2.30. The van der Waals surface area contributed by atoms with E-state index < -0.39 is 0 Å². The van der Waals surface area contributed by atoms with Gasteiger partial charge in [-0.05, 0) is 32.2 Å². The maximum atomic E-state index is 8.42. The molecule has 5 nitrogen and oxygen atoms in total. The van der Waals surface area contributed by atoms with Crippen LogP contribution in [0.15, 0.2) is 5.16 Å². The molecule has 0 radical (unpaired) electrons. The van der Waals surface area contributed by atoms with Crippen molar-refractivity contribution in [3.8, 4) is 0 Å². The average Bonchev–Trinajstić information content (AvgIpc) is 3.19. The van der Waals surface area contributed by atoms with Gasteiger partial charge < -0.3 is 15.8 Å². The number of rotatable bonds is 6. The van der Waals surface area contributed by atoms with Crippen molar-refractivity contribution >= 4 is 5.84 Å². The first-order valence-corrected chi connectivity index (χ1v) is 6.72. The van der Waals surface area contributed by atoms with E-state index in [0.717, 1.165) is 25.4 Å². The fourth-order valence-electron chi connectivity index (χ4n) is 2.48. The predicted octanol–water partition coefficient (Wildman–Crippen LogP) is 0.683. The number of unbranched alkanes of at least 4 members (excludes halogenated alkanes) is 1. The average molecular weight is 240 g/mol. The molecule has 1 saturated carbocycles. The summed E-state index contributed by atoms with van der Waals surface area (Å²) in [5.41, 5.74) is 5.43. The highest BCUT2D eigenvalue weighted by atomic mass is 16.4. The summed E-state index contributed by atoms with van der Waals surface area (Å²) < 4.78 is 0. The number of amidine groups is 1. The Morgan fingerprint density at radius 2 is 1.88 bits per heavy atom. The van der Waals surface area contributed by atoms with Gasteiger partial charge in [0.25, 0.3) is 0 Å². The quantitative estimate of drug-likeness (QED) is 0.236. The summed E-state index contributed by atoms with van der Waals surface area (Å²) in [4.78, 5) is 5.16. The third-order valence-electron chi connectivity index (χ3n) is 3.76. The van der Waals surface area contributed by atoms with E-state index in [1.807, 2.05) is 0 Å². The van der Waals surface area contributed by atoms with Crippen molar-refractivity contribution in [3.05, 3.63) is 0 Å². The smallest absolute Gasteiger partial charge is 0.139 e. The van der Waals surface area contributed by atoms with E-state index in [4.69, 9.17) is 10.9 Å². The monoisotopic (exact) mass is 240 g/mol. The second kappa shape index (κ2) is 6.21. The standard InChI is InChI=1S/C12H24N4O/c13-12(14-17)3-1-2-6-15-7-9-16(10-8-15)11-4-5-11/h11,17H,1-10H2,(H2,13,14). The Morgan fingerprint density at radius 1 is 1.18 bits per heavy atom. The Kier molecular flexibility index (Phi) is 4.62. The van der Waals surface area contributed by atoms with E-state index in [2.05, 4.69) is 15.0 Å². The SMILES string of the molecule is N/C(CCCCN1CCN(C2CC2)CC1)=N/O. The summed E-state index contributed by atoms with van der Waals surface area (Å²) in [7, 11) is 0. The van der Waals surface area contributed by atoms with Crippen molar-refractivity contribution in [2.45, 2.75) is 38.1 Å². The lowest BCUT2D eigenvalue weighted by atomic mass is 10.2. The van der Waals surface area contributed by atoms with E-state index in [1.165, 1.54) is 39.0 Å². The molecule has 0 unspecified atom stereocenters. The molecular weight excluding hydrogens is 216 g/mol. The van der Waals surface area contributed by atoms with Gasteiger partial charge >= 0.3 is 0 Å². The zero-order valence-corrected chi connectivity index (χ0v) is 10.5. The van der Waals surface area contributed by atoms with E-state index in [0.29, 0.717) is 12.3 Å². The highest BCUT2D eigenvalue weighted by molar-refractivity contribution is 5.79. The van der Waals surface area contributed by atoms with Crippen LogP contribution in [0.4, 0.5) is 0 Å². The van der Waals surface area contributed by atoms with Gasteiger partial charge in [-0.25, -0.2) is 0 Å². The molecule has 0 atom stereocenters. The first-order valence-electron chi connectivity index (χ1n) is 6.72. The summed E-state index contributed by atoms with van der Waals surface area (Å²) >= 11 is 0. The zero-order valence-electron chi connectivity index (χ0n) is 10.5. The highest BCUT2D eigenvalue weighted by Crippen LogP contribution is 2.27. The molecule has 1 aliphatic heterocycles. The van der Waals surface area contributed by atoms with Crippen LogP contribution in [0, 0.1) is 0 Å². The van der Waals surface area contributed by atoms with E-state index in [9.17, 15) is 0 Å². The second-order valence-electron chi connectivity index (χ2n) is 5.16. The molecule has 0 amide bonds. The first-order chi connectivity index (χ1) is 8.29. The van der Waals surface area contributed by atoms with Crippen LogP contribution in [0.3, 0.4) is 0 Å². The van der Waals surface area contributed by atoms with Gasteiger partial charge in [-0.2, -0.15) is 0 Å². The topological polar surface area (TPSA) is 65.1 Å². The lowest BCUT2D eigenvalue weighted by Gasteiger charge is -2.34. The molecule has 0 aromatic carbocycles. The molecule has 0 aromatic heterocycles. The Balaban J connectivity index is 1.52. The molecule has 0 bridgehead atoms. The molecule has 1 saturated heterocycles. The molecular formula is C12H24N4O. The van der Waals surface area contributed by atoms with Crippen LogP contribution >= 0.6 is 0 Å². The van der Waals surface area contributed by atoms with Crippen molar-refractivity contribution in [2.75, 3.05) is 32.7 Å². The molecule has 2 aliphatic rings. The summed E-state index contributed by atoms with van der Waals surface area (Å²) in [5, 5.41) is 11.4. The molecule has 17 heavy (non-hydrogen) atoms. The fraction of sp³-hybridized carbons (Fsp3) is 0.917. The van der Waals surface area contributed by atoms with E-state index in [1.54, 1.807) is 0 Å². The molecule has 0 spiro atoms. The van der Waals surface area contributed by atoms with Crippen molar-refractivity contribution in [1.29, 1.82) is 0 Å². The predicted molar refractivity (Wildman–Crippen MR) is 68.3 cm³/mol. The van der Waals surface area contributed by atoms with Crippen LogP contribution in [0.1, 0.15) is 32.1 Å². The Labute approximate surface area is 103 Å². The molecule has 1 aliphatic carbocycles. The lowest BCUT2D eigenvalue weighted by molar-refractivity contribution is 0.125. The number of nitrogens with zero attached hydrogens (tertiary/aromatic N) is 3. The normalized spacial score (nSPS) is 24.1. The van der Waals surface area contributed by atoms with E-state index in [-0.39, 0.29) is 0 Å². The largest absolute Gasteiger partial charge is 0.409 e. The second-order valence-corrected chi connectivity index (χ2v) is 5.16. The first kappa shape index (κ1) is 12.6. The zero-order chi connectivity index (χ0) is 12.1. The molecule has 2 rings (SSSR count). The van der Waals surface area contributed by atoms with Gasteiger partial charge in [-0.3, -0.25) is 4.90 Å². The van der Waals surface area contributed by atoms with Gasteiger partial charge in [0.2, 0.25) is 0 Å². The van der Waals surface area contributed by atoms with E-state index >= 15 is 0 Å². The Morgan fingerprint density at radius 3 is 2.47 bits per heavy atom. The molecule has 98 valence electrons. The number of hydrogen-bond donors (Lipinski definition) is 2. The minimum atomic E-state index is 0.351. The van der Waals surface area contributed by atoms with Crippen LogP contribution in [0.2, 0.25) is 0 Å². The molecule has 5 heteroatoms. The maximum absolute atomic E-state index is 8.42. The maximum Gasteiger partial charge on any atom is 0.139 e. The lowest BCUT2D eigenvalue weighted by Crippen LogP contribution is -2.47. The van der Waals surface area contributed by atoms with Crippen LogP contribution in [-0.2, 0) is 0 Å². The molecule has 3 N–H and O–H groups in total. The Bertz CT molecular complexity index is 257. The molecule has 0 aromatic rings. The molecule has 2 fully saturated rings. The summed E-state index contributed by atoms with van der Waals surface area (Å²) in [6, 6.07) is 0.915. The van der Waals surface area contributed by atoms with Gasteiger partial charge in [0.1, 0.15) is 5.84 Å². The Hall–Kier alpha value is -0.810. The third kappa shape index (κ3) is 4.16. The number of nitrogens with two attached hydrogens (primary N) is 1. The van der Waals surface area contributed by atoms with Crippen molar-refractivity contribution in [2.24, 2.45) is 10.9 Å². The third-order valence-corrected chi connectivity index (χ3v) is 3.76. The van der Waals surface area contributed by atoms with Gasteiger partial charge in [-0.1, -0.05) is 5.16 Å². The van der Waals surface area contributed by atoms with Crippen LogP contribution in [0.25, 0.3) is 0 Å². The van der Waals surface area contributed by atoms with Crippen molar-refractivity contribution < 1.29 is 5.21 Å². The van der Waals surface area contributed by atoms with Crippen LogP contribution < -0.4 is 5.73 Å². The van der Waals surface area contributed by atoms with Crippen LogP contribution in [-0.4, -0.2) is 59.6 Å². The fourth-order valence-corrected chi connectivity index (χ4v) is 2.48. The number of hydrogen-bond acceptors (Lipinski definition) is 4. The minimum absolute atomic E-state index is 0.351. The van der Waals surface area contributed by atoms with Gasteiger partial charge in [0.15, 0.2) is 0 Å². The number of piperazine rings is 1. The van der Waals surface area contributed by atoms with Gasteiger partial charge in [0.05, 0.1) is 0 Å².